The molecule has 0 fully saturated rings. The third kappa shape index (κ3) is 4.39. The van der Waals surface area contributed by atoms with E-state index in [0.29, 0.717) is 12.8 Å². The zero-order valence-corrected chi connectivity index (χ0v) is 14.5. The van der Waals surface area contributed by atoms with Gasteiger partial charge in [-0.15, -0.1) is 12.4 Å². The maximum absolute atomic E-state index is 13.1. The van der Waals surface area contributed by atoms with E-state index in [0.717, 1.165) is 6.07 Å². The van der Waals surface area contributed by atoms with Crippen LogP contribution in [0.25, 0.3) is 0 Å². The first kappa shape index (κ1) is 19.8. The summed E-state index contributed by atoms with van der Waals surface area (Å²) in [6.07, 6.45) is 1.17. The minimum atomic E-state index is -3.72. The third-order valence-electron chi connectivity index (χ3n) is 3.30. The van der Waals surface area contributed by atoms with Crippen LogP contribution in [-0.4, -0.2) is 20.5 Å². The second kappa shape index (κ2) is 7.70. The molecule has 0 bridgehead atoms. The first-order chi connectivity index (χ1) is 8.80. The van der Waals surface area contributed by atoms with Crippen LogP contribution in [0.2, 0.25) is 0 Å². The molecule has 20 heavy (non-hydrogen) atoms. The Balaban J connectivity index is 0.00000361. The van der Waals surface area contributed by atoms with E-state index in [4.69, 9.17) is 5.73 Å². The maximum Gasteiger partial charge on any atom is 0.241 e. The Hall–Kier alpha value is -0.210. The SMILES string of the molecule is CCC(CC)(CN)NS(=O)(=O)c1ccc(F)c(Br)c1.Cl. The number of nitrogens with two attached hydrogens (primary N) is 1. The molecule has 116 valence electrons. The van der Waals surface area contributed by atoms with Crippen molar-refractivity contribution in [1.29, 1.82) is 0 Å². The predicted octanol–water partition coefficient (Wildman–Crippen LogP) is 2.81. The molecule has 0 saturated carbocycles. The number of rotatable bonds is 6. The van der Waals surface area contributed by atoms with Crippen molar-refractivity contribution < 1.29 is 12.8 Å². The third-order valence-corrected chi connectivity index (χ3v) is 5.48. The largest absolute Gasteiger partial charge is 0.329 e. The molecule has 3 N–H and O–H groups in total. The van der Waals surface area contributed by atoms with Gasteiger partial charge < -0.3 is 5.73 Å². The summed E-state index contributed by atoms with van der Waals surface area (Å²) in [6.45, 7) is 3.96. The molecule has 1 rings (SSSR count). The first-order valence-electron chi connectivity index (χ1n) is 5.99. The van der Waals surface area contributed by atoms with E-state index in [-0.39, 0.29) is 28.3 Å². The van der Waals surface area contributed by atoms with E-state index in [1.54, 1.807) is 0 Å². The number of hydrogen-bond donors (Lipinski definition) is 2. The minimum absolute atomic E-state index is 0. The Morgan fingerprint density at radius 3 is 2.30 bits per heavy atom. The number of sulfonamides is 1. The molecule has 0 unspecified atom stereocenters. The monoisotopic (exact) mass is 388 g/mol. The molecule has 1 aromatic carbocycles. The Morgan fingerprint density at radius 2 is 1.90 bits per heavy atom. The molecule has 0 aromatic heterocycles. The molecule has 8 heteroatoms. The van der Waals surface area contributed by atoms with E-state index in [2.05, 4.69) is 20.7 Å². The van der Waals surface area contributed by atoms with Gasteiger partial charge in [-0.25, -0.2) is 17.5 Å². The second-order valence-electron chi connectivity index (χ2n) is 4.37. The minimum Gasteiger partial charge on any atom is -0.329 e. The highest BCUT2D eigenvalue weighted by atomic mass is 79.9. The zero-order chi connectivity index (χ0) is 14.7. The van der Waals surface area contributed by atoms with Gasteiger partial charge in [-0.2, -0.15) is 0 Å². The summed E-state index contributed by atoms with van der Waals surface area (Å²) in [5.41, 5.74) is 5.00. The molecular formula is C12H19BrClFN2O2S. The maximum atomic E-state index is 13.1. The fourth-order valence-corrected chi connectivity index (χ4v) is 3.82. The Labute approximate surface area is 133 Å². The van der Waals surface area contributed by atoms with Crippen molar-refractivity contribution in [3.8, 4) is 0 Å². The molecule has 4 nitrogen and oxygen atoms in total. The van der Waals surface area contributed by atoms with E-state index in [9.17, 15) is 12.8 Å². The highest BCUT2D eigenvalue weighted by molar-refractivity contribution is 9.10. The van der Waals surface area contributed by atoms with Gasteiger partial charge in [-0.3, -0.25) is 0 Å². The molecule has 0 heterocycles. The summed E-state index contributed by atoms with van der Waals surface area (Å²) >= 11 is 2.98. The molecular weight excluding hydrogens is 371 g/mol. The highest BCUT2D eigenvalue weighted by Gasteiger charge is 2.30. The molecule has 0 aliphatic rings. The molecule has 0 amide bonds. The average molecular weight is 390 g/mol. The summed E-state index contributed by atoms with van der Waals surface area (Å²) < 4.78 is 40.4. The normalized spacial score (nSPS) is 12.1. The zero-order valence-electron chi connectivity index (χ0n) is 11.3. The van der Waals surface area contributed by atoms with Crippen LogP contribution in [-0.2, 0) is 10.0 Å². The van der Waals surface area contributed by atoms with Crippen LogP contribution in [0.3, 0.4) is 0 Å². The second-order valence-corrected chi connectivity index (χ2v) is 6.91. The smallest absolute Gasteiger partial charge is 0.241 e. The molecule has 0 aliphatic carbocycles. The van der Waals surface area contributed by atoms with Gasteiger partial charge in [0.05, 0.1) is 9.37 Å². The highest BCUT2D eigenvalue weighted by Crippen LogP contribution is 2.22. The van der Waals surface area contributed by atoms with Crippen molar-refractivity contribution in [2.75, 3.05) is 6.54 Å². The molecule has 0 atom stereocenters. The van der Waals surface area contributed by atoms with E-state index < -0.39 is 21.4 Å². The quantitative estimate of drug-likeness (QED) is 0.786. The van der Waals surface area contributed by atoms with Crippen molar-refractivity contribution in [2.45, 2.75) is 37.1 Å². The summed E-state index contributed by atoms with van der Waals surface area (Å²) in [4.78, 5) is 0.0144. The van der Waals surface area contributed by atoms with Crippen LogP contribution >= 0.6 is 28.3 Å². The molecule has 0 spiro atoms. The Morgan fingerprint density at radius 1 is 1.35 bits per heavy atom. The molecule has 1 aromatic rings. The van der Waals surface area contributed by atoms with Crippen LogP contribution in [0.5, 0.6) is 0 Å². The summed E-state index contributed by atoms with van der Waals surface area (Å²) in [7, 11) is -3.72. The van der Waals surface area contributed by atoms with Gasteiger partial charge in [0, 0.05) is 12.1 Å². The molecule has 0 saturated heterocycles. The van der Waals surface area contributed by atoms with Crippen LogP contribution in [0.15, 0.2) is 27.6 Å². The topological polar surface area (TPSA) is 72.2 Å². The molecule has 0 radical (unpaired) electrons. The molecule has 0 aliphatic heterocycles. The van der Waals surface area contributed by atoms with Gasteiger partial charge >= 0.3 is 0 Å². The predicted molar refractivity (Wildman–Crippen MR) is 84.0 cm³/mol. The van der Waals surface area contributed by atoms with Gasteiger partial charge in [-0.1, -0.05) is 13.8 Å². The lowest BCUT2D eigenvalue weighted by Gasteiger charge is -2.31. The fraction of sp³-hybridized carbons (Fsp3) is 0.500. The number of nitrogens with one attached hydrogen (secondary N) is 1. The van der Waals surface area contributed by atoms with Crippen LogP contribution < -0.4 is 10.5 Å². The number of halogens is 3. The van der Waals surface area contributed by atoms with Gasteiger partial charge in [0.25, 0.3) is 0 Å². The van der Waals surface area contributed by atoms with Crippen molar-refractivity contribution in [1.82, 2.24) is 4.72 Å². The lowest BCUT2D eigenvalue weighted by molar-refractivity contribution is 0.363. The van der Waals surface area contributed by atoms with Crippen LogP contribution in [0.1, 0.15) is 26.7 Å². The first-order valence-corrected chi connectivity index (χ1v) is 8.27. The van der Waals surface area contributed by atoms with Crippen molar-refractivity contribution in [3.05, 3.63) is 28.5 Å². The van der Waals surface area contributed by atoms with E-state index in [1.165, 1.54) is 12.1 Å². The van der Waals surface area contributed by atoms with Gasteiger partial charge in [0.15, 0.2) is 0 Å². The standard InChI is InChI=1S/C12H18BrFN2O2S.ClH/c1-3-12(4-2,8-15)16-19(17,18)9-5-6-11(14)10(13)7-9;/h5-7,16H,3-4,8,15H2,1-2H3;1H. The summed E-state index contributed by atoms with van der Waals surface area (Å²) in [5.74, 6) is -0.505. The Bertz CT molecular complexity index is 542. The van der Waals surface area contributed by atoms with Gasteiger partial charge in [0.1, 0.15) is 5.82 Å². The number of hydrogen-bond acceptors (Lipinski definition) is 3. The van der Waals surface area contributed by atoms with Crippen LogP contribution in [0, 0.1) is 5.82 Å². The van der Waals surface area contributed by atoms with Crippen molar-refractivity contribution >= 4 is 38.4 Å². The average Bonchev–Trinajstić information content (AvgIpc) is 2.39. The lowest BCUT2D eigenvalue weighted by Crippen LogP contribution is -2.52. The summed E-state index contributed by atoms with van der Waals surface area (Å²) in [5, 5.41) is 0. The van der Waals surface area contributed by atoms with E-state index >= 15 is 0 Å². The van der Waals surface area contributed by atoms with Gasteiger partial charge in [0.2, 0.25) is 10.0 Å². The van der Waals surface area contributed by atoms with Crippen molar-refractivity contribution in [2.24, 2.45) is 5.73 Å². The Kier molecular flexibility index (Phi) is 7.62. The van der Waals surface area contributed by atoms with E-state index in [1.807, 2.05) is 13.8 Å². The number of benzene rings is 1. The lowest BCUT2D eigenvalue weighted by atomic mass is 9.95. The summed E-state index contributed by atoms with van der Waals surface area (Å²) in [6, 6.07) is 3.58. The fourth-order valence-electron chi connectivity index (χ4n) is 1.71. The van der Waals surface area contributed by atoms with Crippen LogP contribution in [0.4, 0.5) is 4.39 Å². The van der Waals surface area contributed by atoms with Gasteiger partial charge in [-0.05, 0) is 47.0 Å². The van der Waals surface area contributed by atoms with Crippen molar-refractivity contribution in [3.63, 3.8) is 0 Å².